The van der Waals surface area contributed by atoms with Gasteiger partial charge >= 0.3 is 0 Å². The van der Waals surface area contributed by atoms with Crippen molar-refractivity contribution in [1.82, 2.24) is 10.9 Å². The van der Waals surface area contributed by atoms with Crippen molar-refractivity contribution in [2.75, 3.05) is 0 Å². The fourth-order valence-corrected chi connectivity index (χ4v) is 1.43. The Morgan fingerprint density at radius 3 is 2.38 bits per heavy atom. The molecular formula is C11H19N3O2. The number of carbonyl (C=O) groups is 2. The predicted molar refractivity (Wildman–Crippen MR) is 59.8 cm³/mol. The number of nitriles is 1. The maximum atomic E-state index is 11.4. The Morgan fingerprint density at radius 1 is 1.25 bits per heavy atom. The third kappa shape index (κ3) is 6.82. The van der Waals surface area contributed by atoms with Gasteiger partial charge in [-0.2, -0.15) is 5.26 Å². The number of amides is 2. The fraction of sp³-hybridized carbons (Fsp3) is 0.727. The first kappa shape index (κ1) is 14.4. The SMILES string of the molecule is CCCC(CC)CC(=O)NNC(=O)CC#N. The van der Waals surface area contributed by atoms with Crippen molar-refractivity contribution in [1.29, 1.82) is 5.26 Å². The summed E-state index contributed by atoms with van der Waals surface area (Å²) in [6.07, 6.45) is 3.18. The molecule has 0 heterocycles. The lowest BCUT2D eigenvalue weighted by molar-refractivity contribution is -0.129. The van der Waals surface area contributed by atoms with Crippen molar-refractivity contribution in [2.24, 2.45) is 5.92 Å². The summed E-state index contributed by atoms with van der Waals surface area (Å²) in [6, 6.07) is 1.70. The number of nitrogens with one attached hydrogen (secondary N) is 2. The first-order valence-electron chi connectivity index (χ1n) is 5.58. The molecule has 5 nitrogen and oxygen atoms in total. The molecule has 1 atom stereocenters. The molecule has 0 bridgehead atoms. The topological polar surface area (TPSA) is 82.0 Å². The quantitative estimate of drug-likeness (QED) is 0.668. The van der Waals surface area contributed by atoms with E-state index < -0.39 is 5.91 Å². The third-order valence-electron chi connectivity index (χ3n) is 2.33. The van der Waals surface area contributed by atoms with E-state index in [-0.39, 0.29) is 12.3 Å². The number of hydrogen-bond donors (Lipinski definition) is 2. The molecule has 90 valence electrons. The third-order valence-corrected chi connectivity index (χ3v) is 2.33. The molecular weight excluding hydrogens is 206 g/mol. The first-order chi connectivity index (χ1) is 7.63. The second kappa shape index (κ2) is 8.72. The number of rotatable bonds is 6. The zero-order chi connectivity index (χ0) is 12.4. The second-order valence-electron chi connectivity index (χ2n) is 3.70. The van der Waals surface area contributed by atoms with E-state index in [1.807, 2.05) is 6.92 Å². The lowest BCUT2D eigenvalue weighted by Crippen LogP contribution is -2.42. The summed E-state index contributed by atoms with van der Waals surface area (Å²) < 4.78 is 0. The summed E-state index contributed by atoms with van der Waals surface area (Å²) in [6.45, 7) is 4.12. The highest BCUT2D eigenvalue weighted by Crippen LogP contribution is 2.14. The number of hydrazine groups is 1. The number of hydrogen-bond acceptors (Lipinski definition) is 3. The summed E-state index contributed by atoms with van der Waals surface area (Å²) in [7, 11) is 0. The van der Waals surface area contributed by atoms with Gasteiger partial charge < -0.3 is 0 Å². The molecule has 2 N–H and O–H groups in total. The second-order valence-corrected chi connectivity index (χ2v) is 3.70. The van der Waals surface area contributed by atoms with Crippen LogP contribution >= 0.6 is 0 Å². The molecule has 0 spiro atoms. The van der Waals surface area contributed by atoms with Gasteiger partial charge in [0, 0.05) is 6.42 Å². The van der Waals surface area contributed by atoms with Gasteiger partial charge in [0.2, 0.25) is 5.91 Å². The molecule has 0 aliphatic carbocycles. The molecule has 2 amide bonds. The molecule has 0 rings (SSSR count). The minimum atomic E-state index is -0.487. The van der Waals surface area contributed by atoms with Gasteiger partial charge in [-0.05, 0) is 5.92 Å². The number of nitrogens with zero attached hydrogens (tertiary/aromatic N) is 1. The minimum absolute atomic E-state index is 0.202. The Balaban J connectivity index is 3.81. The van der Waals surface area contributed by atoms with E-state index in [1.54, 1.807) is 6.07 Å². The van der Waals surface area contributed by atoms with Gasteiger partial charge in [-0.3, -0.25) is 20.4 Å². The van der Waals surface area contributed by atoms with E-state index in [9.17, 15) is 9.59 Å². The first-order valence-corrected chi connectivity index (χ1v) is 5.58. The summed E-state index contributed by atoms with van der Waals surface area (Å²) in [5, 5.41) is 8.23. The molecule has 0 saturated carbocycles. The maximum Gasteiger partial charge on any atom is 0.252 e. The van der Waals surface area contributed by atoms with Crippen molar-refractivity contribution >= 4 is 11.8 Å². The zero-order valence-corrected chi connectivity index (χ0v) is 9.88. The van der Waals surface area contributed by atoms with E-state index in [2.05, 4.69) is 17.8 Å². The molecule has 0 aromatic heterocycles. The minimum Gasteiger partial charge on any atom is -0.273 e. The molecule has 16 heavy (non-hydrogen) atoms. The molecule has 0 saturated heterocycles. The van der Waals surface area contributed by atoms with Crippen LogP contribution in [0.25, 0.3) is 0 Å². The number of carbonyl (C=O) groups excluding carboxylic acids is 2. The molecule has 1 unspecified atom stereocenters. The lowest BCUT2D eigenvalue weighted by Gasteiger charge is -2.13. The molecule has 0 aromatic carbocycles. The molecule has 0 fully saturated rings. The Bertz CT molecular complexity index is 271. The van der Waals surface area contributed by atoms with Crippen LogP contribution in [0.3, 0.4) is 0 Å². The molecule has 0 aliphatic rings. The summed E-state index contributed by atoms with van der Waals surface area (Å²) in [5.74, 6) is -0.330. The van der Waals surface area contributed by atoms with E-state index in [4.69, 9.17) is 5.26 Å². The van der Waals surface area contributed by atoms with Gasteiger partial charge in [0.1, 0.15) is 6.42 Å². The van der Waals surface area contributed by atoms with Gasteiger partial charge in [-0.1, -0.05) is 33.1 Å². The van der Waals surface area contributed by atoms with Gasteiger partial charge in [0.25, 0.3) is 5.91 Å². The van der Waals surface area contributed by atoms with Gasteiger partial charge in [0.15, 0.2) is 0 Å². The van der Waals surface area contributed by atoms with Gasteiger partial charge in [-0.25, -0.2) is 0 Å². The predicted octanol–water partition coefficient (Wildman–Crippen LogP) is 1.26. The van der Waals surface area contributed by atoms with Crippen LogP contribution in [-0.4, -0.2) is 11.8 Å². The maximum absolute atomic E-state index is 11.4. The largest absolute Gasteiger partial charge is 0.273 e. The normalized spacial score (nSPS) is 11.3. The van der Waals surface area contributed by atoms with Crippen LogP contribution in [0.2, 0.25) is 0 Å². The average Bonchev–Trinajstić information content (AvgIpc) is 2.26. The van der Waals surface area contributed by atoms with Crippen molar-refractivity contribution < 1.29 is 9.59 Å². The molecule has 0 aliphatic heterocycles. The van der Waals surface area contributed by atoms with E-state index in [1.165, 1.54) is 0 Å². The van der Waals surface area contributed by atoms with Crippen LogP contribution in [0.1, 0.15) is 46.0 Å². The Hall–Kier alpha value is -1.57. The summed E-state index contributed by atoms with van der Waals surface area (Å²) in [5.41, 5.74) is 4.49. The fourth-order valence-electron chi connectivity index (χ4n) is 1.43. The monoisotopic (exact) mass is 225 g/mol. The van der Waals surface area contributed by atoms with Crippen LogP contribution in [0, 0.1) is 17.2 Å². The lowest BCUT2D eigenvalue weighted by atomic mass is 9.97. The van der Waals surface area contributed by atoms with Crippen LogP contribution in [0.15, 0.2) is 0 Å². The van der Waals surface area contributed by atoms with Crippen LogP contribution in [0.4, 0.5) is 0 Å². The Kier molecular flexibility index (Phi) is 7.86. The van der Waals surface area contributed by atoms with Crippen molar-refractivity contribution in [3.05, 3.63) is 0 Å². The summed E-state index contributed by atoms with van der Waals surface area (Å²) in [4.78, 5) is 22.3. The average molecular weight is 225 g/mol. The highest BCUT2D eigenvalue weighted by Gasteiger charge is 2.11. The molecule has 0 radical (unpaired) electrons. The Morgan fingerprint density at radius 2 is 1.88 bits per heavy atom. The van der Waals surface area contributed by atoms with Crippen LogP contribution < -0.4 is 10.9 Å². The smallest absolute Gasteiger partial charge is 0.252 e. The van der Waals surface area contributed by atoms with Crippen LogP contribution in [-0.2, 0) is 9.59 Å². The van der Waals surface area contributed by atoms with E-state index >= 15 is 0 Å². The van der Waals surface area contributed by atoms with Gasteiger partial charge in [0.05, 0.1) is 6.07 Å². The molecule has 5 heteroatoms. The van der Waals surface area contributed by atoms with Gasteiger partial charge in [-0.15, -0.1) is 0 Å². The highest BCUT2D eigenvalue weighted by atomic mass is 16.2. The van der Waals surface area contributed by atoms with E-state index in [0.717, 1.165) is 19.3 Å². The zero-order valence-electron chi connectivity index (χ0n) is 9.88. The Labute approximate surface area is 96.2 Å². The molecule has 0 aromatic rings. The standard InChI is InChI=1S/C11H19N3O2/c1-3-5-9(4-2)8-11(16)14-13-10(15)6-7-12/h9H,3-6,8H2,1-2H3,(H,13,15)(H,14,16). The van der Waals surface area contributed by atoms with Crippen LogP contribution in [0.5, 0.6) is 0 Å². The highest BCUT2D eigenvalue weighted by molar-refractivity contribution is 5.82. The van der Waals surface area contributed by atoms with Crippen molar-refractivity contribution in [2.45, 2.75) is 46.0 Å². The van der Waals surface area contributed by atoms with Crippen molar-refractivity contribution in [3.8, 4) is 6.07 Å². The van der Waals surface area contributed by atoms with E-state index in [0.29, 0.717) is 12.3 Å². The van der Waals surface area contributed by atoms with Crippen molar-refractivity contribution in [3.63, 3.8) is 0 Å². The summed E-state index contributed by atoms with van der Waals surface area (Å²) >= 11 is 0.